The highest BCUT2D eigenvalue weighted by atomic mass is 16.1. The van der Waals surface area contributed by atoms with Crippen molar-refractivity contribution in [2.45, 2.75) is 33.1 Å². The van der Waals surface area contributed by atoms with Crippen LogP contribution in [0.5, 0.6) is 0 Å². The standard InChI is InChI=1S/C11H25N3O/c1-3-14(4-2)10-6-5-9-13-11(15)7-8-12/h3-10,12H2,1-2H3,(H,13,15). The quantitative estimate of drug-likeness (QED) is 0.553. The first-order chi connectivity index (χ1) is 7.24. The van der Waals surface area contributed by atoms with E-state index in [1.807, 2.05) is 0 Å². The second-order valence-electron chi connectivity index (χ2n) is 3.62. The Morgan fingerprint density at radius 2 is 1.93 bits per heavy atom. The molecule has 0 aliphatic carbocycles. The molecule has 15 heavy (non-hydrogen) atoms. The number of unbranched alkanes of at least 4 members (excludes halogenated alkanes) is 1. The molecule has 0 saturated carbocycles. The van der Waals surface area contributed by atoms with Gasteiger partial charge in [-0.1, -0.05) is 13.8 Å². The van der Waals surface area contributed by atoms with Crippen molar-refractivity contribution >= 4 is 5.91 Å². The summed E-state index contributed by atoms with van der Waals surface area (Å²) in [5.41, 5.74) is 5.27. The Bertz CT molecular complexity index is 158. The second kappa shape index (κ2) is 9.93. The molecular formula is C11H25N3O. The van der Waals surface area contributed by atoms with E-state index in [2.05, 4.69) is 24.1 Å². The Morgan fingerprint density at radius 1 is 1.27 bits per heavy atom. The summed E-state index contributed by atoms with van der Waals surface area (Å²) in [6, 6.07) is 0. The van der Waals surface area contributed by atoms with Crippen molar-refractivity contribution in [3.05, 3.63) is 0 Å². The third-order valence-electron chi connectivity index (χ3n) is 2.49. The molecule has 1 amide bonds. The van der Waals surface area contributed by atoms with Crippen LogP contribution in [0.1, 0.15) is 33.1 Å². The van der Waals surface area contributed by atoms with Crippen molar-refractivity contribution in [1.82, 2.24) is 10.2 Å². The predicted octanol–water partition coefficient (Wildman–Crippen LogP) is 0.573. The van der Waals surface area contributed by atoms with Gasteiger partial charge in [-0.05, 0) is 32.5 Å². The van der Waals surface area contributed by atoms with E-state index in [1.54, 1.807) is 0 Å². The molecule has 90 valence electrons. The van der Waals surface area contributed by atoms with E-state index in [4.69, 9.17) is 5.73 Å². The van der Waals surface area contributed by atoms with Crippen molar-refractivity contribution < 1.29 is 4.79 Å². The van der Waals surface area contributed by atoms with E-state index in [-0.39, 0.29) is 5.91 Å². The van der Waals surface area contributed by atoms with Gasteiger partial charge in [0.1, 0.15) is 0 Å². The van der Waals surface area contributed by atoms with E-state index < -0.39 is 0 Å². The minimum Gasteiger partial charge on any atom is -0.356 e. The number of amides is 1. The van der Waals surface area contributed by atoms with Crippen molar-refractivity contribution in [2.75, 3.05) is 32.7 Å². The molecule has 3 N–H and O–H groups in total. The first-order valence-electron chi connectivity index (χ1n) is 5.93. The van der Waals surface area contributed by atoms with Crippen LogP contribution in [0.4, 0.5) is 0 Å². The van der Waals surface area contributed by atoms with E-state index in [0.717, 1.165) is 39.0 Å². The molecule has 0 aliphatic heterocycles. The summed E-state index contributed by atoms with van der Waals surface area (Å²) in [7, 11) is 0. The molecule has 4 heteroatoms. The van der Waals surface area contributed by atoms with Gasteiger partial charge < -0.3 is 16.0 Å². The van der Waals surface area contributed by atoms with Gasteiger partial charge in [-0.3, -0.25) is 4.79 Å². The normalized spacial score (nSPS) is 10.7. The Balaban J connectivity index is 3.27. The lowest BCUT2D eigenvalue weighted by Crippen LogP contribution is -2.28. The molecule has 0 aromatic heterocycles. The van der Waals surface area contributed by atoms with E-state index in [9.17, 15) is 4.79 Å². The zero-order chi connectivity index (χ0) is 11.5. The first-order valence-corrected chi connectivity index (χ1v) is 5.93. The highest BCUT2D eigenvalue weighted by molar-refractivity contribution is 5.75. The molecular weight excluding hydrogens is 190 g/mol. The van der Waals surface area contributed by atoms with Crippen molar-refractivity contribution in [3.63, 3.8) is 0 Å². The SMILES string of the molecule is CCN(CC)CCCCNC(=O)CCN. The molecule has 0 saturated heterocycles. The molecule has 0 radical (unpaired) electrons. The lowest BCUT2D eigenvalue weighted by molar-refractivity contribution is -0.120. The van der Waals surface area contributed by atoms with E-state index >= 15 is 0 Å². The predicted molar refractivity (Wildman–Crippen MR) is 63.7 cm³/mol. The van der Waals surface area contributed by atoms with Crippen LogP contribution in [-0.2, 0) is 4.79 Å². The Kier molecular flexibility index (Phi) is 9.52. The summed E-state index contributed by atoms with van der Waals surface area (Å²) in [4.78, 5) is 13.4. The zero-order valence-electron chi connectivity index (χ0n) is 10.1. The smallest absolute Gasteiger partial charge is 0.221 e. The summed E-state index contributed by atoms with van der Waals surface area (Å²) >= 11 is 0. The van der Waals surface area contributed by atoms with E-state index in [1.165, 1.54) is 0 Å². The second-order valence-corrected chi connectivity index (χ2v) is 3.62. The molecule has 0 aromatic rings. The van der Waals surface area contributed by atoms with Gasteiger partial charge in [-0.2, -0.15) is 0 Å². The van der Waals surface area contributed by atoms with Gasteiger partial charge in [-0.15, -0.1) is 0 Å². The summed E-state index contributed by atoms with van der Waals surface area (Å²) in [5, 5.41) is 2.86. The molecule has 4 nitrogen and oxygen atoms in total. The number of nitrogens with one attached hydrogen (secondary N) is 1. The summed E-state index contributed by atoms with van der Waals surface area (Å²) in [6.07, 6.45) is 2.63. The molecule has 0 heterocycles. The van der Waals surface area contributed by atoms with Crippen LogP contribution in [0.25, 0.3) is 0 Å². The van der Waals surface area contributed by atoms with Crippen LogP contribution in [-0.4, -0.2) is 43.5 Å². The molecule has 0 atom stereocenters. The topological polar surface area (TPSA) is 58.4 Å². The fourth-order valence-electron chi connectivity index (χ4n) is 1.45. The number of hydrogen-bond acceptors (Lipinski definition) is 3. The highest BCUT2D eigenvalue weighted by Gasteiger charge is 2.00. The summed E-state index contributed by atoms with van der Waals surface area (Å²) in [6.45, 7) is 8.90. The number of nitrogens with zero attached hydrogens (tertiary/aromatic N) is 1. The lowest BCUT2D eigenvalue weighted by Gasteiger charge is -2.17. The number of nitrogens with two attached hydrogens (primary N) is 1. The van der Waals surface area contributed by atoms with Crippen LogP contribution in [0.2, 0.25) is 0 Å². The van der Waals surface area contributed by atoms with Gasteiger partial charge >= 0.3 is 0 Å². The largest absolute Gasteiger partial charge is 0.356 e. The minimum atomic E-state index is 0.0698. The summed E-state index contributed by atoms with van der Waals surface area (Å²) in [5.74, 6) is 0.0698. The minimum absolute atomic E-state index is 0.0698. The number of carbonyl (C=O) groups is 1. The average Bonchev–Trinajstić information content (AvgIpc) is 2.24. The van der Waals surface area contributed by atoms with Gasteiger partial charge in [0.05, 0.1) is 0 Å². The molecule has 0 rings (SSSR count). The lowest BCUT2D eigenvalue weighted by atomic mass is 10.3. The molecule has 0 aliphatic rings. The van der Waals surface area contributed by atoms with Crippen LogP contribution in [0.3, 0.4) is 0 Å². The number of hydrogen-bond donors (Lipinski definition) is 2. The Labute approximate surface area is 93.2 Å². The fourth-order valence-corrected chi connectivity index (χ4v) is 1.45. The third kappa shape index (κ3) is 8.39. The maximum absolute atomic E-state index is 11.1. The van der Waals surface area contributed by atoms with Crippen molar-refractivity contribution in [3.8, 4) is 0 Å². The first kappa shape index (κ1) is 14.4. The van der Waals surface area contributed by atoms with Gasteiger partial charge in [0.2, 0.25) is 5.91 Å². The third-order valence-corrected chi connectivity index (χ3v) is 2.49. The van der Waals surface area contributed by atoms with Gasteiger partial charge in [-0.25, -0.2) is 0 Å². The number of rotatable bonds is 9. The van der Waals surface area contributed by atoms with Crippen molar-refractivity contribution in [2.24, 2.45) is 5.73 Å². The fraction of sp³-hybridized carbons (Fsp3) is 0.909. The molecule has 0 unspecified atom stereocenters. The molecule has 0 aromatic carbocycles. The van der Waals surface area contributed by atoms with Gasteiger partial charge in [0.15, 0.2) is 0 Å². The van der Waals surface area contributed by atoms with Crippen LogP contribution in [0, 0.1) is 0 Å². The molecule has 0 fully saturated rings. The van der Waals surface area contributed by atoms with Gasteiger partial charge in [0.25, 0.3) is 0 Å². The highest BCUT2D eigenvalue weighted by Crippen LogP contribution is 1.93. The van der Waals surface area contributed by atoms with Gasteiger partial charge in [0, 0.05) is 19.5 Å². The maximum atomic E-state index is 11.1. The average molecular weight is 215 g/mol. The van der Waals surface area contributed by atoms with Crippen LogP contribution >= 0.6 is 0 Å². The zero-order valence-corrected chi connectivity index (χ0v) is 10.1. The van der Waals surface area contributed by atoms with Crippen molar-refractivity contribution in [1.29, 1.82) is 0 Å². The maximum Gasteiger partial charge on any atom is 0.221 e. The Hall–Kier alpha value is -0.610. The Morgan fingerprint density at radius 3 is 2.47 bits per heavy atom. The van der Waals surface area contributed by atoms with E-state index in [0.29, 0.717) is 13.0 Å². The molecule has 0 bridgehead atoms. The van der Waals surface area contributed by atoms with Crippen LogP contribution in [0.15, 0.2) is 0 Å². The summed E-state index contributed by atoms with van der Waals surface area (Å²) < 4.78 is 0. The molecule has 0 spiro atoms. The number of carbonyl (C=O) groups excluding carboxylic acids is 1. The monoisotopic (exact) mass is 215 g/mol. The van der Waals surface area contributed by atoms with Crippen LogP contribution < -0.4 is 11.1 Å².